The SMILES string of the molecule is CCc1ccc(OCc2c(CC(=O)OC)cccc2C(F)(F)F)c(Cl)c1. The lowest BCUT2D eigenvalue weighted by molar-refractivity contribution is -0.141. The Morgan fingerprint density at radius 3 is 2.50 bits per heavy atom. The van der Waals surface area contributed by atoms with Crippen molar-refractivity contribution in [1.82, 2.24) is 0 Å². The van der Waals surface area contributed by atoms with Gasteiger partial charge in [0.25, 0.3) is 0 Å². The van der Waals surface area contributed by atoms with Crippen LogP contribution in [0.25, 0.3) is 0 Å². The van der Waals surface area contributed by atoms with Crippen molar-refractivity contribution in [3.63, 3.8) is 0 Å². The molecule has 2 aromatic rings. The Morgan fingerprint density at radius 2 is 1.92 bits per heavy atom. The van der Waals surface area contributed by atoms with Crippen molar-refractivity contribution in [2.24, 2.45) is 0 Å². The van der Waals surface area contributed by atoms with E-state index in [1.54, 1.807) is 18.2 Å². The summed E-state index contributed by atoms with van der Waals surface area (Å²) in [5.74, 6) is -0.347. The highest BCUT2D eigenvalue weighted by Crippen LogP contribution is 2.35. The first-order valence-electron chi connectivity index (χ1n) is 7.92. The molecule has 0 aliphatic carbocycles. The van der Waals surface area contributed by atoms with Crippen LogP contribution < -0.4 is 4.74 Å². The van der Waals surface area contributed by atoms with E-state index in [4.69, 9.17) is 16.3 Å². The van der Waals surface area contributed by atoms with Crippen LogP contribution in [0, 0.1) is 0 Å². The van der Waals surface area contributed by atoms with Gasteiger partial charge in [0.2, 0.25) is 0 Å². The van der Waals surface area contributed by atoms with Crippen LogP contribution in [0.3, 0.4) is 0 Å². The van der Waals surface area contributed by atoms with Gasteiger partial charge in [-0.15, -0.1) is 0 Å². The molecule has 7 heteroatoms. The quantitative estimate of drug-likeness (QED) is 0.639. The van der Waals surface area contributed by atoms with Crippen molar-refractivity contribution in [1.29, 1.82) is 0 Å². The molecule has 0 aliphatic heterocycles. The minimum absolute atomic E-state index is 0.110. The van der Waals surface area contributed by atoms with E-state index in [0.717, 1.165) is 18.1 Å². The van der Waals surface area contributed by atoms with Gasteiger partial charge in [0.15, 0.2) is 0 Å². The molecule has 0 amide bonds. The third kappa shape index (κ3) is 4.91. The van der Waals surface area contributed by atoms with Crippen LogP contribution in [0.1, 0.15) is 29.2 Å². The van der Waals surface area contributed by atoms with Gasteiger partial charge >= 0.3 is 12.1 Å². The van der Waals surface area contributed by atoms with Gasteiger partial charge in [-0.05, 0) is 35.7 Å². The number of rotatable bonds is 6. The summed E-state index contributed by atoms with van der Waals surface area (Å²) in [5, 5.41) is 0.323. The molecule has 0 saturated carbocycles. The number of carbonyl (C=O) groups is 1. The molecule has 140 valence electrons. The fourth-order valence-electron chi connectivity index (χ4n) is 2.50. The molecule has 0 aliphatic rings. The van der Waals surface area contributed by atoms with E-state index in [9.17, 15) is 18.0 Å². The van der Waals surface area contributed by atoms with Crippen molar-refractivity contribution in [3.05, 3.63) is 63.7 Å². The monoisotopic (exact) mass is 386 g/mol. The first-order chi connectivity index (χ1) is 12.3. The lowest BCUT2D eigenvalue weighted by atomic mass is 9.99. The molecule has 0 fully saturated rings. The third-order valence-corrected chi connectivity index (χ3v) is 4.21. The molecule has 2 rings (SSSR count). The second kappa shape index (κ2) is 8.45. The molecule has 26 heavy (non-hydrogen) atoms. The number of hydrogen-bond donors (Lipinski definition) is 0. The van der Waals surface area contributed by atoms with Crippen molar-refractivity contribution >= 4 is 17.6 Å². The van der Waals surface area contributed by atoms with Crippen LogP contribution >= 0.6 is 11.6 Å². The Bertz CT molecular complexity index is 788. The zero-order valence-corrected chi connectivity index (χ0v) is 15.1. The number of ether oxygens (including phenoxy) is 2. The summed E-state index contributed by atoms with van der Waals surface area (Å²) in [7, 11) is 1.18. The van der Waals surface area contributed by atoms with Gasteiger partial charge in [0, 0.05) is 5.56 Å². The summed E-state index contributed by atoms with van der Waals surface area (Å²) >= 11 is 6.13. The summed E-state index contributed by atoms with van der Waals surface area (Å²) in [6.45, 7) is 1.60. The van der Waals surface area contributed by atoms with Crippen LogP contribution in [0.4, 0.5) is 13.2 Å². The molecule has 0 spiro atoms. The first-order valence-corrected chi connectivity index (χ1v) is 8.30. The van der Waals surface area contributed by atoms with Crippen LogP contribution in [-0.4, -0.2) is 13.1 Å². The second-order valence-corrected chi connectivity index (χ2v) is 6.01. The van der Waals surface area contributed by atoms with E-state index in [0.29, 0.717) is 5.02 Å². The largest absolute Gasteiger partial charge is 0.487 e. The van der Waals surface area contributed by atoms with E-state index < -0.39 is 17.7 Å². The highest BCUT2D eigenvalue weighted by atomic mass is 35.5. The Hall–Kier alpha value is -2.21. The maximum Gasteiger partial charge on any atom is 0.416 e. The van der Waals surface area contributed by atoms with Gasteiger partial charge < -0.3 is 9.47 Å². The maximum absolute atomic E-state index is 13.4. The molecule has 0 unspecified atom stereocenters. The first kappa shape index (κ1) is 20.1. The van der Waals surface area contributed by atoms with E-state index in [2.05, 4.69) is 4.74 Å². The standard InChI is InChI=1S/C19H18ClF3O3/c1-3-12-7-8-17(16(20)9-12)26-11-14-13(10-18(24)25-2)5-4-6-15(14)19(21,22)23/h4-9H,3,10-11H2,1-2H3. The highest BCUT2D eigenvalue weighted by Gasteiger charge is 2.34. The molecule has 0 radical (unpaired) electrons. The number of hydrogen-bond acceptors (Lipinski definition) is 3. The van der Waals surface area contributed by atoms with E-state index in [1.165, 1.54) is 19.2 Å². The van der Waals surface area contributed by atoms with E-state index in [1.807, 2.05) is 6.92 Å². The molecule has 2 aromatic carbocycles. The number of aryl methyl sites for hydroxylation is 1. The van der Waals surface area contributed by atoms with Crippen molar-refractivity contribution in [3.8, 4) is 5.75 Å². The fourth-order valence-corrected chi connectivity index (χ4v) is 2.75. The molecule has 0 heterocycles. The zero-order valence-electron chi connectivity index (χ0n) is 14.3. The molecule has 0 N–H and O–H groups in total. The minimum Gasteiger partial charge on any atom is -0.487 e. The second-order valence-electron chi connectivity index (χ2n) is 5.60. The Labute approximate surface area is 154 Å². The number of alkyl halides is 3. The van der Waals surface area contributed by atoms with Crippen molar-refractivity contribution < 1.29 is 27.4 Å². The van der Waals surface area contributed by atoms with Gasteiger partial charge in [-0.2, -0.15) is 13.2 Å². The predicted molar refractivity (Wildman–Crippen MR) is 92.3 cm³/mol. The Morgan fingerprint density at radius 1 is 1.19 bits per heavy atom. The van der Waals surface area contributed by atoms with Gasteiger partial charge in [-0.1, -0.05) is 36.7 Å². The smallest absolute Gasteiger partial charge is 0.416 e. The number of benzene rings is 2. The number of halogens is 4. The van der Waals surface area contributed by atoms with Gasteiger partial charge in [0.05, 0.1) is 24.1 Å². The highest BCUT2D eigenvalue weighted by molar-refractivity contribution is 6.32. The van der Waals surface area contributed by atoms with Gasteiger partial charge in [-0.25, -0.2) is 0 Å². The topological polar surface area (TPSA) is 35.5 Å². The summed E-state index contributed by atoms with van der Waals surface area (Å²) in [6, 6.07) is 8.80. The number of carbonyl (C=O) groups excluding carboxylic acids is 1. The molecule has 0 aromatic heterocycles. The normalized spacial score (nSPS) is 11.3. The van der Waals surface area contributed by atoms with Crippen molar-refractivity contribution in [2.75, 3.05) is 7.11 Å². The Balaban J connectivity index is 2.35. The summed E-state index contributed by atoms with van der Waals surface area (Å²) in [4.78, 5) is 11.5. The average molecular weight is 387 g/mol. The van der Waals surface area contributed by atoms with E-state index >= 15 is 0 Å². The zero-order chi connectivity index (χ0) is 19.3. The maximum atomic E-state index is 13.4. The fraction of sp³-hybridized carbons (Fsp3) is 0.316. The van der Waals surface area contributed by atoms with Crippen LogP contribution in [0.2, 0.25) is 5.02 Å². The summed E-state index contributed by atoms with van der Waals surface area (Å²) in [6.07, 6.45) is -4.07. The minimum atomic E-state index is -4.57. The lowest BCUT2D eigenvalue weighted by Gasteiger charge is -2.18. The lowest BCUT2D eigenvalue weighted by Crippen LogP contribution is -2.15. The third-order valence-electron chi connectivity index (χ3n) is 3.92. The molecular formula is C19H18ClF3O3. The number of esters is 1. The van der Waals surface area contributed by atoms with Crippen LogP contribution in [-0.2, 0) is 35.2 Å². The van der Waals surface area contributed by atoms with Crippen molar-refractivity contribution in [2.45, 2.75) is 32.5 Å². The molecule has 0 saturated heterocycles. The molecular weight excluding hydrogens is 369 g/mol. The predicted octanol–water partition coefficient (Wildman–Crippen LogP) is 5.22. The van der Waals surface area contributed by atoms with Crippen LogP contribution in [0.5, 0.6) is 5.75 Å². The Kier molecular flexibility index (Phi) is 6.53. The van der Waals surface area contributed by atoms with Gasteiger partial charge in [0.1, 0.15) is 12.4 Å². The summed E-state index contributed by atoms with van der Waals surface area (Å²) in [5.41, 5.74) is 0.235. The average Bonchev–Trinajstić information content (AvgIpc) is 2.60. The van der Waals surface area contributed by atoms with E-state index in [-0.39, 0.29) is 29.9 Å². The van der Waals surface area contributed by atoms with Gasteiger partial charge in [-0.3, -0.25) is 4.79 Å². The summed E-state index contributed by atoms with van der Waals surface area (Å²) < 4.78 is 50.2. The number of methoxy groups -OCH3 is 1. The van der Waals surface area contributed by atoms with Crippen LogP contribution in [0.15, 0.2) is 36.4 Å². The molecule has 3 nitrogen and oxygen atoms in total. The molecule has 0 atom stereocenters. The molecule has 0 bridgehead atoms.